The lowest BCUT2D eigenvalue weighted by Crippen LogP contribution is -2.62. The van der Waals surface area contributed by atoms with Crippen LogP contribution in [0.3, 0.4) is 0 Å². The Hall–Kier alpha value is -2.33. The minimum Gasteiger partial charge on any atom is -0.394 e. The Morgan fingerprint density at radius 1 is 1.06 bits per heavy atom. The summed E-state index contributed by atoms with van der Waals surface area (Å²) in [5.41, 5.74) is 5.23. The standard InChI is InChI=1S/C41H64N4O4/c1-26(2)17-34(24-43(8)9)44(23-32-16-11-10-13-27(32)3)21-30-14-12-15-31(18-30)22-45-39(38(29(5)47)37(25-46)49-45)40(48)42-36-20-33-19-35(28(36)4)41(33,6)7/h10-16,18,26,28-29,33-39,46-47H,17,19-25H2,1-9H3,(H,42,48)/t28-,29+,33-,34+,35-,36+,37+,38-,39+/m1/s1. The normalized spacial score (nSPS) is 29.3. The van der Waals surface area contributed by atoms with Crippen LogP contribution in [-0.4, -0.2) is 88.6 Å². The Bertz CT molecular complexity index is 1390. The van der Waals surface area contributed by atoms with Crippen molar-refractivity contribution in [3.63, 3.8) is 0 Å². The van der Waals surface area contributed by atoms with E-state index in [-0.39, 0.29) is 18.6 Å². The van der Waals surface area contributed by atoms with Crippen LogP contribution in [0.2, 0.25) is 0 Å². The highest BCUT2D eigenvalue weighted by molar-refractivity contribution is 5.82. The SMILES string of the molecule is Cc1ccccc1CN(Cc1cccc(CN2O[C@@H](CO)[C@@H]([C@H](C)O)[C@H]2C(=O)N[C@H]2C[C@H]3C[C@H]([C@H]2C)C3(C)C)c1)[C@@H](CC(C)C)CN(C)C. The van der Waals surface area contributed by atoms with Gasteiger partial charge in [-0.3, -0.25) is 14.5 Å². The number of carbonyl (C=O) groups excluding carboxylic acids is 1. The molecule has 1 saturated heterocycles. The summed E-state index contributed by atoms with van der Waals surface area (Å²) in [5, 5.41) is 26.3. The van der Waals surface area contributed by atoms with E-state index in [2.05, 4.69) is 119 Å². The zero-order chi connectivity index (χ0) is 35.6. The minimum atomic E-state index is -0.815. The van der Waals surface area contributed by atoms with E-state index < -0.39 is 24.2 Å². The lowest BCUT2D eigenvalue weighted by molar-refractivity contribution is -0.183. The number of hydroxylamine groups is 2. The number of rotatable bonds is 15. The van der Waals surface area contributed by atoms with E-state index in [0.29, 0.717) is 41.7 Å². The maximum absolute atomic E-state index is 14.1. The molecule has 3 aliphatic carbocycles. The number of likely N-dealkylation sites (N-methyl/N-ethyl adjacent to an activating group) is 1. The van der Waals surface area contributed by atoms with Gasteiger partial charge in [-0.05, 0) is 98.5 Å². The number of benzene rings is 2. The van der Waals surface area contributed by atoms with Crippen LogP contribution in [0, 0.1) is 41.9 Å². The summed E-state index contributed by atoms with van der Waals surface area (Å²) in [6.45, 7) is 18.3. The number of aryl methyl sites for hydroxylation is 1. The van der Waals surface area contributed by atoms with Crippen LogP contribution >= 0.6 is 0 Å². The smallest absolute Gasteiger partial charge is 0.240 e. The number of nitrogens with one attached hydrogen (secondary N) is 1. The average molecular weight is 677 g/mol. The van der Waals surface area contributed by atoms with Crippen molar-refractivity contribution in [1.29, 1.82) is 0 Å². The number of hydrogen-bond acceptors (Lipinski definition) is 7. The van der Waals surface area contributed by atoms with Gasteiger partial charge in [-0.25, -0.2) is 0 Å². The molecule has 2 aromatic rings. The summed E-state index contributed by atoms with van der Waals surface area (Å²) in [7, 11) is 4.31. The molecule has 6 rings (SSSR count). The monoisotopic (exact) mass is 676 g/mol. The molecule has 8 heteroatoms. The van der Waals surface area contributed by atoms with E-state index in [1.807, 2.05) is 0 Å². The summed E-state index contributed by atoms with van der Waals surface area (Å²) in [6.07, 6.45) is 1.87. The molecule has 1 aliphatic heterocycles. The predicted octanol–water partition coefficient (Wildman–Crippen LogP) is 5.63. The van der Waals surface area contributed by atoms with Crippen LogP contribution in [0.4, 0.5) is 0 Å². The third kappa shape index (κ3) is 8.59. The second-order valence-electron chi connectivity index (χ2n) is 16.9. The predicted molar refractivity (Wildman–Crippen MR) is 196 cm³/mol. The van der Waals surface area contributed by atoms with E-state index in [0.717, 1.165) is 38.0 Å². The molecule has 0 spiro atoms. The first kappa shape index (κ1) is 37.9. The highest BCUT2D eigenvalue weighted by Crippen LogP contribution is 2.61. The quantitative estimate of drug-likeness (QED) is 0.225. The van der Waals surface area contributed by atoms with Crippen LogP contribution < -0.4 is 5.32 Å². The van der Waals surface area contributed by atoms with Crippen molar-refractivity contribution in [2.75, 3.05) is 27.2 Å². The number of carbonyl (C=O) groups is 1. The molecule has 272 valence electrons. The third-order valence-electron chi connectivity index (χ3n) is 12.2. The summed E-state index contributed by atoms with van der Waals surface area (Å²) in [4.78, 5) is 25.3. The van der Waals surface area contributed by atoms with Gasteiger partial charge in [-0.15, -0.1) is 0 Å². The second kappa shape index (κ2) is 15.9. The van der Waals surface area contributed by atoms with Crippen LogP contribution in [0.15, 0.2) is 48.5 Å². The first-order valence-electron chi connectivity index (χ1n) is 18.7. The summed E-state index contributed by atoms with van der Waals surface area (Å²) < 4.78 is 0. The van der Waals surface area contributed by atoms with Crippen LogP contribution in [-0.2, 0) is 29.3 Å². The van der Waals surface area contributed by atoms with Gasteiger partial charge in [0.1, 0.15) is 12.1 Å². The lowest BCUT2D eigenvalue weighted by Gasteiger charge is -2.62. The van der Waals surface area contributed by atoms with Crippen molar-refractivity contribution in [3.05, 3.63) is 70.8 Å². The molecule has 0 radical (unpaired) electrons. The van der Waals surface area contributed by atoms with Gasteiger partial charge in [0.25, 0.3) is 0 Å². The van der Waals surface area contributed by atoms with Crippen molar-refractivity contribution in [3.8, 4) is 0 Å². The Morgan fingerprint density at radius 3 is 2.39 bits per heavy atom. The van der Waals surface area contributed by atoms with Crippen LogP contribution in [0.1, 0.15) is 83.1 Å². The molecule has 3 saturated carbocycles. The largest absolute Gasteiger partial charge is 0.394 e. The number of nitrogens with zero attached hydrogens (tertiary/aromatic N) is 3. The fourth-order valence-electron chi connectivity index (χ4n) is 9.35. The van der Waals surface area contributed by atoms with Crippen molar-refractivity contribution in [2.45, 2.75) is 118 Å². The number of amides is 1. The molecular weight excluding hydrogens is 612 g/mol. The zero-order valence-corrected chi connectivity index (χ0v) is 31.6. The maximum Gasteiger partial charge on any atom is 0.240 e. The first-order chi connectivity index (χ1) is 23.2. The van der Waals surface area contributed by atoms with Gasteiger partial charge in [0.2, 0.25) is 5.91 Å². The number of aliphatic hydroxyl groups is 2. The topological polar surface area (TPSA) is 88.5 Å². The molecule has 49 heavy (non-hydrogen) atoms. The number of fused-ring (bicyclic) bond motifs is 2. The zero-order valence-electron chi connectivity index (χ0n) is 31.6. The van der Waals surface area contributed by atoms with Gasteiger partial charge >= 0.3 is 0 Å². The lowest BCUT2D eigenvalue weighted by atomic mass is 9.45. The second-order valence-corrected chi connectivity index (χ2v) is 16.9. The molecule has 1 heterocycles. The van der Waals surface area contributed by atoms with E-state index in [1.165, 1.54) is 23.1 Å². The minimum absolute atomic E-state index is 0.109. The summed E-state index contributed by atoms with van der Waals surface area (Å²) >= 11 is 0. The molecule has 1 amide bonds. The average Bonchev–Trinajstić information content (AvgIpc) is 3.40. The van der Waals surface area contributed by atoms with Crippen molar-refractivity contribution in [2.24, 2.45) is 35.0 Å². The van der Waals surface area contributed by atoms with Crippen molar-refractivity contribution < 1.29 is 19.8 Å². The molecular formula is C41H64N4O4. The van der Waals surface area contributed by atoms with Crippen LogP contribution in [0.5, 0.6) is 0 Å². The first-order valence-corrected chi connectivity index (χ1v) is 18.7. The highest BCUT2D eigenvalue weighted by atomic mass is 16.7. The van der Waals surface area contributed by atoms with E-state index in [4.69, 9.17) is 4.84 Å². The number of hydrogen-bond donors (Lipinski definition) is 3. The Kier molecular flexibility index (Phi) is 12.3. The van der Waals surface area contributed by atoms with Gasteiger partial charge in [-0.2, -0.15) is 5.06 Å². The molecule has 4 fully saturated rings. The van der Waals surface area contributed by atoms with Gasteiger partial charge in [0, 0.05) is 37.6 Å². The Morgan fingerprint density at radius 2 is 1.78 bits per heavy atom. The van der Waals surface area contributed by atoms with Crippen molar-refractivity contribution in [1.82, 2.24) is 20.2 Å². The molecule has 0 aromatic heterocycles. The van der Waals surface area contributed by atoms with Crippen molar-refractivity contribution >= 4 is 5.91 Å². The Balaban J connectivity index is 1.36. The Labute approximate surface area is 296 Å². The molecule has 9 atom stereocenters. The molecule has 0 unspecified atom stereocenters. The van der Waals surface area contributed by atoms with E-state index in [9.17, 15) is 15.0 Å². The van der Waals surface area contributed by atoms with Gasteiger partial charge in [0.05, 0.1) is 19.3 Å². The molecule has 3 N–H and O–H groups in total. The fraction of sp³-hybridized carbons (Fsp3) is 0.683. The van der Waals surface area contributed by atoms with Gasteiger partial charge < -0.3 is 20.4 Å². The summed E-state index contributed by atoms with van der Waals surface area (Å²) in [6, 6.07) is 17.1. The molecule has 2 bridgehead atoms. The van der Waals surface area contributed by atoms with Gasteiger partial charge in [0.15, 0.2) is 0 Å². The highest BCUT2D eigenvalue weighted by Gasteiger charge is 2.57. The summed E-state index contributed by atoms with van der Waals surface area (Å²) in [5.74, 6) is 1.55. The molecule has 8 nitrogen and oxygen atoms in total. The van der Waals surface area contributed by atoms with E-state index in [1.54, 1.807) is 12.0 Å². The number of aliphatic hydroxyl groups excluding tert-OH is 2. The molecule has 2 aromatic carbocycles. The fourth-order valence-corrected chi connectivity index (χ4v) is 9.35. The van der Waals surface area contributed by atoms with E-state index >= 15 is 0 Å². The maximum atomic E-state index is 14.1. The third-order valence-corrected chi connectivity index (χ3v) is 12.2. The van der Waals surface area contributed by atoms with Gasteiger partial charge in [-0.1, -0.05) is 83.1 Å². The van der Waals surface area contributed by atoms with Crippen LogP contribution in [0.25, 0.3) is 0 Å². The molecule has 4 aliphatic rings.